The van der Waals surface area contributed by atoms with E-state index in [2.05, 4.69) is 17.1 Å². The molecule has 0 bridgehead atoms. The fourth-order valence-electron chi connectivity index (χ4n) is 3.72. The van der Waals surface area contributed by atoms with E-state index in [0.717, 1.165) is 27.9 Å². The first-order valence-corrected chi connectivity index (χ1v) is 11.0. The summed E-state index contributed by atoms with van der Waals surface area (Å²) in [7, 11) is 1.89. The lowest BCUT2D eigenvalue weighted by molar-refractivity contribution is -0.384. The minimum Gasteiger partial charge on any atom is -0.362 e. The topological polar surface area (TPSA) is 118 Å². The van der Waals surface area contributed by atoms with Crippen molar-refractivity contribution in [1.82, 2.24) is 9.55 Å². The zero-order chi connectivity index (χ0) is 25.5. The molecule has 0 amide bonds. The summed E-state index contributed by atoms with van der Waals surface area (Å²) in [4.78, 5) is 14.7. The van der Waals surface area contributed by atoms with Crippen molar-refractivity contribution in [2.24, 2.45) is 7.05 Å². The lowest BCUT2D eigenvalue weighted by Crippen LogP contribution is -2.11. The van der Waals surface area contributed by atoms with Gasteiger partial charge in [0.2, 0.25) is 0 Å². The third-order valence-electron chi connectivity index (χ3n) is 5.70. The fraction of sp³-hybridized carbons (Fsp3) is 0.107. The number of aromatic nitrogens is 2. The summed E-state index contributed by atoms with van der Waals surface area (Å²) in [6.45, 7) is 0.251. The van der Waals surface area contributed by atoms with Crippen LogP contribution in [0.2, 0.25) is 0 Å². The number of nitriles is 2. The van der Waals surface area contributed by atoms with Crippen LogP contribution < -0.4 is 0 Å². The van der Waals surface area contributed by atoms with E-state index in [9.17, 15) is 15.4 Å². The highest BCUT2D eigenvalue weighted by atomic mass is 16.6. The molecule has 1 heterocycles. The van der Waals surface area contributed by atoms with Gasteiger partial charge in [-0.15, -0.1) is 0 Å². The van der Waals surface area contributed by atoms with Crippen LogP contribution in [0.4, 0.5) is 5.69 Å². The van der Waals surface area contributed by atoms with Crippen molar-refractivity contribution in [2.75, 3.05) is 0 Å². The Hall–Kier alpha value is -5.05. The van der Waals surface area contributed by atoms with E-state index in [1.54, 1.807) is 48.9 Å². The normalized spacial score (nSPS) is 11.6. The van der Waals surface area contributed by atoms with Crippen molar-refractivity contribution < 1.29 is 9.66 Å². The molecular formula is C28H21N5O3. The molecule has 36 heavy (non-hydrogen) atoms. The van der Waals surface area contributed by atoms with Crippen LogP contribution in [-0.4, -0.2) is 14.5 Å². The maximum Gasteiger partial charge on any atom is 0.269 e. The number of nitro groups is 1. The Morgan fingerprint density at radius 2 is 1.72 bits per heavy atom. The van der Waals surface area contributed by atoms with Gasteiger partial charge in [0.15, 0.2) is 0 Å². The molecule has 8 nitrogen and oxygen atoms in total. The second-order valence-corrected chi connectivity index (χ2v) is 8.06. The lowest BCUT2D eigenvalue weighted by Gasteiger charge is -2.20. The first kappa shape index (κ1) is 24.1. The number of ether oxygens (including phenoxy) is 1. The molecule has 0 aliphatic carbocycles. The monoisotopic (exact) mass is 475 g/mol. The highest BCUT2D eigenvalue weighted by molar-refractivity contribution is 5.72. The van der Waals surface area contributed by atoms with Gasteiger partial charge >= 0.3 is 0 Å². The van der Waals surface area contributed by atoms with Gasteiger partial charge in [0.25, 0.3) is 5.69 Å². The van der Waals surface area contributed by atoms with E-state index < -0.39 is 11.0 Å². The van der Waals surface area contributed by atoms with Crippen LogP contribution >= 0.6 is 0 Å². The Balaban J connectivity index is 1.62. The third-order valence-corrected chi connectivity index (χ3v) is 5.70. The molecule has 1 unspecified atom stereocenters. The third kappa shape index (κ3) is 5.53. The Bertz CT molecular complexity index is 1490. The second kappa shape index (κ2) is 10.9. The molecule has 0 fully saturated rings. The molecule has 176 valence electrons. The summed E-state index contributed by atoms with van der Waals surface area (Å²) in [6, 6.07) is 23.1. The van der Waals surface area contributed by atoms with Crippen molar-refractivity contribution in [3.63, 3.8) is 0 Å². The molecular weight excluding hydrogens is 454 g/mol. The maximum atomic E-state index is 10.9. The zero-order valence-corrected chi connectivity index (χ0v) is 19.4. The van der Waals surface area contributed by atoms with E-state index in [1.807, 2.05) is 42.0 Å². The van der Waals surface area contributed by atoms with E-state index in [4.69, 9.17) is 10.00 Å². The number of benzene rings is 3. The molecule has 0 aliphatic heterocycles. The van der Waals surface area contributed by atoms with Gasteiger partial charge in [0, 0.05) is 19.2 Å². The molecule has 0 saturated heterocycles. The van der Waals surface area contributed by atoms with Crippen LogP contribution in [0.1, 0.15) is 45.2 Å². The number of nitrogens with zero attached hydrogens (tertiary/aromatic N) is 5. The van der Waals surface area contributed by atoms with Gasteiger partial charge in [-0.25, -0.2) is 4.98 Å². The molecule has 3 aromatic carbocycles. The van der Waals surface area contributed by atoms with Gasteiger partial charge in [-0.3, -0.25) is 10.1 Å². The average molecular weight is 476 g/mol. The quantitative estimate of drug-likeness (QED) is 0.187. The summed E-state index contributed by atoms with van der Waals surface area (Å²) < 4.78 is 8.27. The van der Waals surface area contributed by atoms with Gasteiger partial charge in [-0.05, 0) is 58.7 Å². The summed E-state index contributed by atoms with van der Waals surface area (Å²) >= 11 is 0. The van der Waals surface area contributed by atoms with Crippen molar-refractivity contribution in [1.29, 1.82) is 10.5 Å². The van der Waals surface area contributed by atoms with Gasteiger partial charge in [-0.1, -0.05) is 30.4 Å². The number of hydrogen-bond donors (Lipinski definition) is 0. The lowest BCUT2D eigenvalue weighted by atomic mass is 10.0. The molecule has 1 atom stereocenters. The fourth-order valence-corrected chi connectivity index (χ4v) is 3.72. The molecule has 4 rings (SSSR count). The first-order chi connectivity index (χ1) is 17.5. The molecule has 0 saturated carbocycles. The minimum atomic E-state index is -0.439. The van der Waals surface area contributed by atoms with E-state index in [1.165, 1.54) is 12.1 Å². The van der Waals surface area contributed by atoms with Gasteiger partial charge in [0.05, 0.1) is 53.0 Å². The summed E-state index contributed by atoms with van der Waals surface area (Å²) in [6.07, 6.45) is 6.73. The van der Waals surface area contributed by atoms with Crippen molar-refractivity contribution in [3.05, 3.63) is 128 Å². The Morgan fingerprint density at radius 1 is 1.03 bits per heavy atom. The predicted octanol–water partition coefficient (Wildman–Crippen LogP) is 5.55. The molecule has 8 heteroatoms. The maximum absolute atomic E-state index is 10.9. The van der Waals surface area contributed by atoms with Crippen molar-refractivity contribution >= 4 is 17.8 Å². The van der Waals surface area contributed by atoms with Crippen LogP contribution in [0.25, 0.3) is 12.2 Å². The number of nitro benzene ring substituents is 1. The number of hydrogen-bond acceptors (Lipinski definition) is 6. The molecule has 0 N–H and O–H groups in total. The van der Waals surface area contributed by atoms with Crippen molar-refractivity contribution in [3.8, 4) is 12.1 Å². The Labute approximate surface area is 208 Å². The smallest absolute Gasteiger partial charge is 0.269 e. The highest BCUT2D eigenvalue weighted by Crippen LogP contribution is 2.28. The largest absolute Gasteiger partial charge is 0.362 e. The van der Waals surface area contributed by atoms with Crippen LogP contribution in [0, 0.1) is 32.8 Å². The van der Waals surface area contributed by atoms with Crippen LogP contribution in [0.3, 0.4) is 0 Å². The summed E-state index contributed by atoms with van der Waals surface area (Å²) in [5, 5.41) is 29.4. The van der Waals surface area contributed by atoms with Crippen LogP contribution in [0.15, 0.2) is 79.3 Å². The molecule has 4 aromatic rings. The predicted molar refractivity (Wildman–Crippen MR) is 134 cm³/mol. The number of non-ortho nitro benzene ring substituents is 1. The van der Waals surface area contributed by atoms with Gasteiger partial charge < -0.3 is 9.30 Å². The summed E-state index contributed by atoms with van der Waals surface area (Å²) in [5.74, 6) is 0. The standard InChI is InChI=1S/C28H21N5O3/c1-32-19-31-17-27(32)28(23-8-3-21(15-29)4-9-23)36-18-25-11-5-22(16-30)14-24(25)10-2-20-6-12-26(13-7-20)33(34)35/h2-14,17,19,28H,18H2,1H3/b10-2+. The Morgan fingerprint density at radius 3 is 2.33 bits per heavy atom. The van der Waals surface area contributed by atoms with Crippen LogP contribution in [0.5, 0.6) is 0 Å². The van der Waals surface area contributed by atoms with E-state index >= 15 is 0 Å². The van der Waals surface area contributed by atoms with E-state index in [-0.39, 0.29) is 12.3 Å². The summed E-state index contributed by atoms with van der Waals surface area (Å²) in [5.41, 5.74) is 5.30. The number of imidazole rings is 1. The zero-order valence-electron chi connectivity index (χ0n) is 19.4. The van der Waals surface area contributed by atoms with E-state index in [0.29, 0.717) is 11.1 Å². The molecule has 0 spiro atoms. The number of aryl methyl sites for hydroxylation is 1. The van der Waals surface area contributed by atoms with Gasteiger partial charge in [-0.2, -0.15) is 10.5 Å². The first-order valence-electron chi connectivity index (χ1n) is 11.0. The second-order valence-electron chi connectivity index (χ2n) is 8.06. The Kier molecular flexibility index (Phi) is 7.30. The highest BCUT2D eigenvalue weighted by Gasteiger charge is 2.19. The van der Waals surface area contributed by atoms with Crippen LogP contribution in [-0.2, 0) is 18.4 Å². The van der Waals surface area contributed by atoms with Gasteiger partial charge in [0.1, 0.15) is 6.10 Å². The molecule has 0 radical (unpaired) electrons. The SMILES string of the molecule is Cn1cncc1C(OCc1ccc(C#N)cc1/C=C/c1ccc([N+](=O)[O-])cc1)c1ccc(C#N)cc1. The van der Waals surface area contributed by atoms with Crippen molar-refractivity contribution in [2.45, 2.75) is 12.7 Å². The molecule has 1 aromatic heterocycles. The average Bonchev–Trinajstić information content (AvgIpc) is 3.33. The molecule has 0 aliphatic rings. The number of rotatable bonds is 8. The minimum absolute atomic E-state index is 0.0247.